The first-order valence-corrected chi connectivity index (χ1v) is 8.41. The van der Waals surface area contributed by atoms with Crippen molar-refractivity contribution in [1.82, 2.24) is 4.90 Å². The van der Waals surface area contributed by atoms with E-state index in [2.05, 4.69) is 10.2 Å². The molecule has 0 bridgehead atoms. The van der Waals surface area contributed by atoms with Gasteiger partial charge in [0.1, 0.15) is 0 Å². The first kappa shape index (κ1) is 17.9. The molecule has 1 amide bonds. The van der Waals surface area contributed by atoms with Gasteiger partial charge in [-0.15, -0.1) is 0 Å². The fourth-order valence-corrected chi connectivity index (χ4v) is 2.94. The number of benzene rings is 1. The molecule has 1 fully saturated rings. The average molecular weight is 320 g/mol. The minimum atomic E-state index is 0.0436. The number of aliphatic hydroxyl groups excluding tert-OH is 1. The summed E-state index contributed by atoms with van der Waals surface area (Å²) in [6.45, 7) is 7.01. The summed E-state index contributed by atoms with van der Waals surface area (Å²) in [5, 5.41) is 11.8. The van der Waals surface area contributed by atoms with Gasteiger partial charge in [-0.3, -0.25) is 9.69 Å². The summed E-state index contributed by atoms with van der Waals surface area (Å²) in [5.41, 5.74) is 3.11. The molecule has 2 N–H and O–H groups in total. The van der Waals surface area contributed by atoms with Crippen molar-refractivity contribution in [2.24, 2.45) is 0 Å². The van der Waals surface area contributed by atoms with E-state index in [9.17, 15) is 4.79 Å². The number of hydrogen-bond donors (Lipinski definition) is 2. The number of nitrogens with one attached hydrogen (secondary N) is 1. The lowest BCUT2D eigenvalue weighted by Crippen LogP contribution is -2.41. The molecule has 0 unspecified atom stereocenters. The van der Waals surface area contributed by atoms with Gasteiger partial charge >= 0.3 is 0 Å². The molecule has 1 aliphatic heterocycles. The number of anilines is 1. The van der Waals surface area contributed by atoms with Crippen molar-refractivity contribution < 1.29 is 14.6 Å². The quantitative estimate of drug-likeness (QED) is 0.755. The number of aryl methyl sites for hydroxylation is 2. The Bertz CT molecular complexity index is 491. The molecule has 0 atom stereocenters. The second-order valence-electron chi connectivity index (χ2n) is 6.24. The molecule has 1 aromatic rings. The maximum Gasteiger partial charge on any atom is 0.238 e. The number of carbonyl (C=O) groups is 1. The zero-order chi connectivity index (χ0) is 16.7. The van der Waals surface area contributed by atoms with Crippen LogP contribution >= 0.6 is 0 Å². The molecule has 1 aromatic carbocycles. The molecular formula is C18H28N2O3. The summed E-state index contributed by atoms with van der Waals surface area (Å²) in [7, 11) is 0. The largest absolute Gasteiger partial charge is 0.396 e. The van der Waals surface area contributed by atoms with Gasteiger partial charge in [-0.1, -0.05) is 18.2 Å². The summed E-state index contributed by atoms with van der Waals surface area (Å²) in [4.78, 5) is 14.4. The normalized spacial score (nSPS) is 16.5. The summed E-state index contributed by atoms with van der Waals surface area (Å²) in [6.07, 6.45) is 2.85. The number of likely N-dealkylation sites (tertiary alicyclic amines) is 1. The number of amides is 1. The minimum absolute atomic E-state index is 0.0436. The van der Waals surface area contributed by atoms with Crippen molar-refractivity contribution in [2.45, 2.75) is 39.2 Å². The van der Waals surface area contributed by atoms with Crippen LogP contribution < -0.4 is 5.32 Å². The van der Waals surface area contributed by atoms with Crippen LogP contribution in [0.15, 0.2) is 18.2 Å². The molecule has 23 heavy (non-hydrogen) atoms. The van der Waals surface area contributed by atoms with Crippen LogP contribution in [0.1, 0.15) is 30.4 Å². The lowest BCUT2D eigenvalue weighted by molar-refractivity contribution is -0.118. The first-order valence-electron chi connectivity index (χ1n) is 8.41. The Balaban J connectivity index is 1.75. The van der Waals surface area contributed by atoms with Crippen molar-refractivity contribution in [2.75, 3.05) is 38.2 Å². The van der Waals surface area contributed by atoms with Crippen LogP contribution in [0.25, 0.3) is 0 Å². The number of ether oxygens (including phenoxy) is 1. The van der Waals surface area contributed by atoms with Gasteiger partial charge in [0.15, 0.2) is 0 Å². The van der Waals surface area contributed by atoms with Gasteiger partial charge in [0, 0.05) is 32.0 Å². The number of carbonyl (C=O) groups excluding carboxylic acids is 1. The fourth-order valence-electron chi connectivity index (χ4n) is 2.94. The molecular weight excluding hydrogens is 292 g/mol. The van der Waals surface area contributed by atoms with Gasteiger partial charge in [-0.25, -0.2) is 0 Å². The van der Waals surface area contributed by atoms with E-state index in [1.54, 1.807) is 0 Å². The predicted octanol–water partition coefficient (Wildman–Crippen LogP) is 2.11. The molecule has 128 valence electrons. The fraction of sp³-hybridized carbons (Fsp3) is 0.611. The zero-order valence-electron chi connectivity index (χ0n) is 14.2. The van der Waals surface area contributed by atoms with E-state index >= 15 is 0 Å². The Morgan fingerprint density at radius 1 is 1.30 bits per heavy atom. The summed E-state index contributed by atoms with van der Waals surface area (Å²) in [5.74, 6) is 0.0436. The van der Waals surface area contributed by atoms with E-state index in [0.29, 0.717) is 19.6 Å². The molecule has 0 radical (unpaired) electrons. The highest BCUT2D eigenvalue weighted by Crippen LogP contribution is 2.20. The van der Waals surface area contributed by atoms with Crippen molar-refractivity contribution in [1.29, 1.82) is 0 Å². The van der Waals surface area contributed by atoms with Gasteiger partial charge in [0.05, 0.1) is 12.6 Å². The monoisotopic (exact) mass is 320 g/mol. The maximum atomic E-state index is 12.3. The highest BCUT2D eigenvalue weighted by atomic mass is 16.5. The second kappa shape index (κ2) is 9.01. The SMILES string of the molecule is Cc1cccc(C)c1NC(=O)CN1CCC(OCCCO)CC1. The molecule has 2 rings (SSSR count). The molecule has 1 aliphatic rings. The van der Waals surface area contributed by atoms with Crippen LogP contribution in [0.2, 0.25) is 0 Å². The molecule has 5 heteroatoms. The van der Waals surface area contributed by atoms with Crippen molar-refractivity contribution >= 4 is 11.6 Å². The Kier molecular flexibility index (Phi) is 7.02. The highest BCUT2D eigenvalue weighted by molar-refractivity contribution is 5.93. The van der Waals surface area contributed by atoms with E-state index in [1.165, 1.54) is 0 Å². The van der Waals surface area contributed by atoms with Gasteiger partial charge in [-0.2, -0.15) is 0 Å². The van der Waals surface area contributed by atoms with Gasteiger partial charge in [0.25, 0.3) is 0 Å². The molecule has 0 aliphatic carbocycles. The molecule has 0 spiro atoms. The van der Waals surface area contributed by atoms with E-state index in [-0.39, 0.29) is 18.6 Å². The van der Waals surface area contributed by atoms with Crippen LogP contribution in [0.5, 0.6) is 0 Å². The van der Waals surface area contributed by atoms with Crippen molar-refractivity contribution in [3.63, 3.8) is 0 Å². The first-order chi connectivity index (χ1) is 11.1. The Morgan fingerprint density at radius 2 is 1.96 bits per heavy atom. The minimum Gasteiger partial charge on any atom is -0.396 e. The Hall–Kier alpha value is -1.43. The standard InChI is InChI=1S/C18H28N2O3/c1-14-5-3-6-15(2)18(14)19-17(22)13-20-9-7-16(8-10-20)23-12-4-11-21/h3,5-6,16,21H,4,7-13H2,1-2H3,(H,19,22). The Labute approximate surface area is 138 Å². The molecule has 0 saturated carbocycles. The van der Waals surface area contributed by atoms with Gasteiger partial charge in [0.2, 0.25) is 5.91 Å². The lowest BCUT2D eigenvalue weighted by Gasteiger charge is -2.31. The highest BCUT2D eigenvalue weighted by Gasteiger charge is 2.21. The number of piperidine rings is 1. The van der Waals surface area contributed by atoms with Crippen LogP contribution in [-0.2, 0) is 9.53 Å². The Morgan fingerprint density at radius 3 is 2.57 bits per heavy atom. The van der Waals surface area contributed by atoms with Gasteiger partial charge in [-0.05, 0) is 44.2 Å². The van der Waals surface area contributed by atoms with Crippen LogP contribution in [0, 0.1) is 13.8 Å². The third-order valence-electron chi connectivity index (χ3n) is 4.30. The number of hydrogen-bond acceptors (Lipinski definition) is 4. The number of rotatable bonds is 7. The maximum absolute atomic E-state index is 12.3. The third-order valence-corrected chi connectivity index (χ3v) is 4.30. The zero-order valence-corrected chi connectivity index (χ0v) is 14.2. The molecule has 1 saturated heterocycles. The van der Waals surface area contributed by atoms with E-state index in [4.69, 9.17) is 9.84 Å². The molecule has 0 aromatic heterocycles. The number of aliphatic hydroxyl groups is 1. The van der Waals surface area contributed by atoms with Crippen molar-refractivity contribution in [3.8, 4) is 0 Å². The smallest absolute Gasteiger partial charge is 0.238 e. The van der Waals surface area contributed by atoms with E-state index in [1.807, 2.05) is 32.0 Å². The summed E-state index contributed by atoms with van der Waals surface area (Å²) >= 11 is 0. The molecule has 1 heterocycles. The average Bonchev–Trinajstić information content (AvgIpc) is 2.53. The topological polar surface area (TPSA) is 61.8 Å². The van der Waals surface area contributed by atoms with E-state index in [0.717, 1.165) is 42.7 Å². The van der Waals surface area contributed by atoms with Crippen LogP contribution in [0.3, 0.4) is 0 Å². The number of para-hydroxylation sites is 1. The summed E-state index contributed by atoms with van der Waals surface area (Å²) in [6, 6.07) is 6.03. The predicted molar refractivity (Wildman–Crippen MR) is 91.7 cm³/mol. The van der Waals surface area contributed by atoms with Crippen LogP contribution in [0.4, 0.5) is 5.69 Å². The van der Waals surface area contributed by atoms with E-state index < -0.39 is 0 Å². The van der Waals surface area contributed by atoms with Gasteiger partial charge < -0.3 is 15.2 Å². The van der Waals surface area contributed by atoms with Crippen LogP contribution in [-0.4, -0.2) is 54.9 Å². The second-order valence-corrected chi connectivity index (χ2v) is 6.24. The van der Waals surface area contributed by atoms with Crippen molar-refractivity contribution in [3.05, 3.63) is 29.3 Å². The number of nitrogens with zero attached hydrogens (tertiary/aromatic N) is 1. The third kappa shape index (κ3) is 5.61. The lowest BCUT2D eigenvalue weighted by atomic mass is 10.1. The molecule has 5 nitrogen and oxygen atoms in total. The summed E-state index contributed by atoms with van der Waals surface area (Å²) < 4.78 is 5.72.